The number of amides is 1. The summed E-state index contributed by atoms with van der Waals surface area (Å²) in [4.78, 5) is 15.5. The number of carbonyl (C=O) groups excluding carboxylic acids is 1. The van der Waals surface area contributed by atoms with Crippen LogP contribution < -0.4 is 5.32 Å². The normalized spacial score (nSPS) is 10.4. The lowest BCUT2D eigenvalue weighted by Gasteiger charge is -2.06. The van der Waals surface area contributed by atoms with Crippen LogP contribution in [0.5, 0.6) is 0 Å². The minimum absolute atomic E-state index is 0.00944. The van der Waals surface area contributed by atoms with E-state index in [0.717, 1.165) is 0 Å². The molecule has 0 unspecified atom stereocenters. The average molecular weight is 269 g/mol. The van der Waals surface area contributed by atoms with Crippen molar-refractivity contribution in [2.24, 2.45) is 0 Å². The van der Waals surface area contributed by atoms with E-state index in [1.54, 1.807) is 13.0 Å². The smallest absolute Gasteiger partial charge is 0.289 e. The number of rotatable bonds is 3. The molecule has 4 nitrogen and oxygen atoms in total. The molecule has 1 heterocycles. The minimum atomic E-state index is -0.461. The number of nitrogens with one attached hydrogen (secondary N) is 1. The summed E-state index contributed by atoms with van der Waals surface area (Å²) in [6.45, 7) is 1.64. The van der Waals surface area contributed by atoms with Crippen LogP contribution in [-0.2, 0) is 6.54 Å². The van der Waals surface area contributed by atoms with Crippen LogP contribution in [0.25, 0.3) is 0 Å². The number of hydrogen-bond acceptors (Lipinski definition) is 3. The Kier molecular flexibility index (Phi) is 3.62. The molecule has 0 bridgehead atoms. The lowest BCUT2D eigenvalue weighted by Crippen LogP contribution is -2.23. The van der Waals surface area contributed by atoms with E-state index in [-0.39, 0.29) is 22.9 Å². The van der Waals surface area contributed by atoms with Gasteiger partial charge in [-0.2, -0.15) is 0 Å². The van der Waals surface area contributed by atoms with Gasteiger partial charge in [-0.05, 0) is 19.1 Å². The highest BCUT2D eigenvalue weighted by Gasteiger charge is 2.15. The summed E-state index contributed by atoms with van der Waals surface area (Å²) in [5.41, 5.74) is 0.719. The lowest BCUT2D eigenvalue weighted by molar-refractivity contribution is 0.0922. The molecule has 2 aromatic rings. The zero-order valence-corrected chi connectivity index (χ0v) is 10.3. The summed E-state index contributed by atoms with van der Waals surface area (Å²) in [7, 11) is 0. The first kappa shape index (κ1) is 12.6. The van der Waals surface area contributed by atoms with Gasteiger partial charge in [-0.25, -0.2) is 9.37 Å². The van der Waals surface area contributed by atoms with E-state index < -0.39 is 11.7 Å². The first-order valence-corrected chi connectivity index (χ1v) is 5.58. The fraction of sp³-hybridized carbons (Fsp3) is 0.167. The maximum atomic E-state index is 13.5. The van der Waals surface area contributed by atoms with Gasteiger partial charge in [0.05, 0.1) is 5.69 Å². The lowest BCUT2D eigenvalue weighted by atomic mass is 10.2. The minimum Gasteiger partial charge on any atom is -0.438 e. The second-order valence-electron chi connectivity index (χ2n) is 3.65. The second-order valence-corrected chi connectivity index (χ2v) is 4.06. The predicted octanol–water partition coefficient (Wildman–Crippen LogP) is 2.71. The fourth-order valence-electron chi connectivity index (χ4n) is 1.47. The Morgan fingerprint density at radius 3 is 2.94 bits per heavy atom. The van der Waals surface area contributed by atoms with Gasteiger partial charge in [0.25, 0.3) is 5.91 Å². The number of aryl methyl sites for hydroxylation is 1. The molecule has 1 N–H and O–H groups in total. The van der Waals surface area contributed by atoms with E-state index in [1.165, 1.54) is 18.5 Å². The fourth-order valence-corrected chi connectivity index (χ4v) is 1.70. The monoisotopic (exact) mass is 268 g/mol. The standard InChI is InChI=1S/C12H10ClFN2O2/c1-7-11(18-6-16-7)12(17)15-5-8-9(13)3-2-4-10(8)14/h2-4,6H,5H2,1H3,(H,15,17). The molecule has 6 heteroatoms. The van der Waals surface area contributed by atoms with E-state index in [9.17, 15) is 9.18 Å². The molecule has 0 aliphatic rings. The number of aromatic nitrogens is 1. The first-order valence-electron chi connectivity index (χ1n) is 5.20. The Morgan fingerprint density at radius 2 is 2.33 bits per heavy atom. The van der Waals surface area contributed by atoms with Gasteiger partial charge in [-0.15, -0.1) is 0 Å². The number of halogens is 2. The molecule has 0 radical (unpaired) electrons. The maximum absolute atomic E-state index is 13.5. The van der Waals surface area contributed by atoms with Gasteiger partial charge < -0.3 is 9.73 Å². The molecule has 0 aliphatic carbocycles. The summed E-state index contributed by atoms with van der Waals surface area (Å²) in [6, 6.07) is 4.35. The summed E-state index contributed by atoms with van der Waals surface area (Å²) < 4.78 is 18.4. The van der Waals surface area contributed by atoms with Crippen molar-refractivity contribution in [1.29, 1.82) is 0 Å². The van der Waals surface area contributed by atoms with Crippen molar-refractivity contribution in [3.05, 3.63) is 52.5 Å². The number of hydrogen-bond donors (Lipinski definition) is 1. The van der Waals surface area contributed by atoms with Crippen molar-refractivity contribution < 1.29 is 13.6 Å². The van der Waals surface area contributed by atoms with Crippen LogP contribution >= 0.6 is 11.6 Å². The van der Waals surface area contributed by atoms with Gasteiger partial charge in [-0.1, -0.05) is 17.7 Å². The molecule has 0 spiro atoms. The van der Waals surface area contributed by atoms with Gasteiger partial charge in [0.1, 0.15) is 5.82 Å². The predicted molar refractivity (Wildman–Crippen MR) is 63.8 cm³/mol. The van der Waals surface area contributed by atoms with Crippen LogP contribution in [-0.4, -0.2) is 10.9 Å². The highest BCUT2D eigenvalue weighted by Crippen LogP contribution is 2.18. The Balaban J connectivity index is 2.09. The first-order chi connectivity index (χ1) is 8.59. The zero-order chi connectivity index (χ0) is 13.1. The SMILES string of the molecule is Cc1ncoc1C(=O)NCc1c(F)cccc1Cl. The Morgan fingerprint density at radius 1 is 1.56 bits per heavy atom. The third kappa shape index (κ3) is 2.51. The average Bonchev–Trinajstić information content (AvgIpc) is 2.74. The largest absolute Gasteiger partial charge is 0.438 e. The summed E-state index contributed by atoms with van der Waals surface area (Å²) in [5.74, 6) is -0.802. The van der Waals surface area contributed by atoms with E-state index in [1.807, 2.05) is 0 Å². The second kappa shape index (κ2) is 5.18. The third-order valence-corrected chi connectivity index (χ3v) is 2.79. The third-order valence-electron chi connectivity index (χ3n) is 2.44. The van der Waals surface area contributed by atoms with Crippen LogP contribution in [0.15, 0.2) is 29.0 Å². The van der Waals surface area contributed by atoms with Gasteiger partial charge >= 0.3 is 0 Å². The highest BCUT2D eigenvalue weighted by molar-refractivity contribution is 6.31. The van der Waals surface area contributed by atoms with Crippen LogP contribution in [0, 0.1) is 12.7 Å². The number of benzene rings is 1. The zero-order valence-electron chi connectivity index (χ0n) is 9.54. The van der Waals surface area contributed by atoms with Crippen molar-refractivity contribution in [2.45, 2.75) is 13.5 Å². The van der Waals surface area contributed by atoms with Gasteiger partial charge in [0, 0.05) is 17.1 Å². The van der Waals surface area contributed by atoms with Crippen molar-refractivity contribution >= 4 is 17.5 Å². The van der Waals surface area contributed by atoms with Crippen molar-refractivity contribution in [3.8, 4) is 0 Å². The molecule has 1 aromatic heterocycles. The highest BCUT2D eigenvalue weighted by atomic mass is 35.5. The van der Waals surface area contributed by atoms with E-state index in [4.69, 9.17) is 16.0 Å². The van der Waals surface area contributed by atoms with Crippen molar-refractivity contribution in [3.63, 3.8) is 0 Å². The van der Waals surface area contributed by atoms with Crippen molar-refractivity contribution in [1.82, 2.24) is 10.3 Å². The number of carbonyl (C=O) groups is 1. The van der Waals surface area contributed by atoms with Gasteiger partial charge in [-0.3, -0.25) is 4.79 Å². The number of oxazole rings is 1. The van der Waals surface area contributed by atoms with Crippen LogP contribution in [0.3, 0.4) is 0 Å². The van der Waals surface area contributed by atoms with Crippen LogP contribution in [0.2, 0.25) is 5.02 Å². The van der Waals surface area contributed by atoms with E-state index in [2.05, 4.69) is 10.3 Å². The molecule has 1 aromatic carbocycles. The molecule has 0 saturated heterocycles. The molecule has 0 aliphatic heterocycles. The molecule has 18 heavy (non-hydrogen) atoms. The molecule has 0 fully saturated rings. The number of nitrogens with zero attached hydrogens (tertiary/aromatic N) is 1. The summed E-state index contributed by atoms with van der Waals surface area (Å²) in [6.07, 6.45) is 1.18. The van der Waals surface area contributed by atoms with Gasteiger partial charge in [0.15, 0.2) is 6.39 Å². The van der Waals surface area contributed by atoms with E-state index >= 15 is 0 Å². The van der Waals surface area contributed by atoms with Crippen LogP contribution in [0.1, 0.15) is 21.8 Å². The molecule has 2 rings (SSSR count). The Labute approximate surface area is 108 Å². The molecule has 0 saturated carbocycles. The van der Waals surface area contributed by atoms with Gasteiger partial charge in [0.2, 0.25) is 5.76 Å². The summed E-state index contributed by atoms with van der Waals surface area (Å²) >= 11 is 5.84. The topological polar surface area (TPSA) is 55.1 Å². The Hall–Kier alpha value is -1.88. The van der Waals surface area contributed by atoms with Crippen molar-refractivity contribution in [2.75, 3.05) is 0 Å². The Bertz CT molecular complexity index is 563. The molecular weight excluding hydrogens is 259 g/mol. The molecular formula is C12H10ClFN2O2. The molecule has 94 valence electrons. The van der Waals surface area contributed by atoms with Crippen LogP contribution in [0.4, 0.5) is 4.39 Å². The quantitative estimate of drug-likeness (QED) is 0.931. The maximum Gasteiger partial charge on any atom is 0.289 e. The van der Waals surface area contributed by atoms with E-state index in [0.29, 0.717) is 5.69 Å². The summed E-state index contributed by atoms with van der Waals surface area (Å²) in [5, 5.41) is 2.79. The molecule has 1 amide bonds. The molecule has 0 atom stereocenters.